The van der Waals surface area contributed by atoms with E-state index < -0.39 is 6.09 Å². The highest BCUT2D eigenvalue weighted by Gasteiger charge is 2.61. The molecule has 1 amide bonds. The standard InChI is InChI=1S/C22H31N3O3/c1-15-11-16(7-8-18(15)19(26)9-10-23(5)6)25-13-17-12-22(25,21(2,3)4)14-24(17)20(27)28/h7-11,17H,12-14H2,1-6H3,(H,27,28)/b10-9+/t17-,22+/m0/s1. The van der Waals surface area contributed by atoms with Crippen LogP contribution in [0.15, 0.2) is 30.5 Å². The lowest BCUT2D eigenvalue weighted by atomic mass is 9.72. The van der Waals surface area contributed by atoms with Gasteiger partial charge in [0, 0.05) is 50.7 Å². The second-order valence-electron chi connectivity index (χ2n) is 9.30. The summed E-state index contributed by atoms with van der Waals surface area (Å²) in [7, 11) is 3.77. The van der Waals surface area contributed by atoms with Crippen molar-refractivity contribution >= 4 is 17.6 Å². The summed E-state index contributed by atoms with van der Waals surface area (Å²) >= 11 is 0. The zero-order valence-corrected chi connectivity index (χ0v) is 17.7. The third-order valence-corrected chi connectivity index (χ3v) is 6.31. The number of carbonyl (C=O) groups excluding carboxylic acids is 1. The fourth-order valence-corrected chi connectivity index (χ4v) is 4.64. The number of piperazine rings is 1. The van der Waals surface area contributed by atoms with Gasteiger partial charge < -0.3 is 19.8 Å². The molecule has 0 aromatic heterocycles. The lowest BCUT2D eigenvalue weighted by molar-refractivity contribution is 0.104. The molecule has 0 spiro atoms. The minimum atomic E-state index is -0.833. The number of ketones is 1. The number of carbonyl (C=O) groups is 2. The summed E-state index contributed by atoms with van der Waals surface area (Å²) in [6, 6.07) is 5.98. The molecule has 152 valence electrons. The Morgan fingerprint density at radius 3 is 2.50 bits per heavy atom. The molecule has 0 radical (unpaired) electrons. The van der Waals surface area contributed by atoms with Crippen LogP contribution in [0.4, 0.5) is 10.5 Å². The Morgan fingerprint density at radius 2 is 1.96 bits per heavy atom. The Morgan fingerprint density at radius 1 is 1.29 bits per heavy atom. The second-order valence-corrected chi connectivity index (χ2v) is 9.30. The van der Waals surface area contributed by atoms with Gasteiger partial charge in [0.2, 0.25) is 0 Å². The molecule has 6 heteroatoms. The number of hydrogen-bond donors (Lipinski definition) is 1. The maximum Gasteiger partial charge on any atom is 0.407 e. The number of rotatable bonds is 4. The summed E-state index contributed by atoms with van der Waals surface area (Å²) in [5.74, 6) is -0.0109. The minimum Gasteiger partial charge on any atom is -0.465 e. The van der Waals surface area contributed by atoms with Crippen LogP contribution in [0.5, 0.6) is 0 Å². The van der Waals surface area contributed by atoms with E-state index in [1.807, 2.05) is 38.1 Å². The number of anilines is 1. The van der Waals surface area contributed by atoms with E-state index in [1.54, 1.807) is 17.2 Å². The highest BCUT2D eigenvalue weighted by atomic mass is 16.4. The van der Waals surface area contributed by atoms with Gasteiger partial charge in [-0.25, -0.2) is 4.79 Å². The van der Waals surface area contributed by atoms with Gasteiger partial charge in [0.1, 0.15) is 0 Å². The van der Waals surface area contributed by atoms with Crippen molar-refractivity contribution < 1.29 is 14.7 Å². The molecule has 2 aliphatic heterocycles. The Balaban J connectivity index is 1.93. The normalized spacial score (nSPS) is 24.3. The van der Waals surface area contributed by atoms with Crippen LogP contribution in [0, 0.1) is 12.3 Å². The first-order valence-corrected chi connectivity index (χ1v) is 9.73. The smallest absolute Gasteiger partial charge is 0.407 e. The van der Waals surface area contributed by atoms with E-state index in [0.29, 0.717) is 18.7 Å². The SMILES string of the molecule is Cc1cc(N2C[C@@H]3C[C@]2(C(C)(C)C)CN3C(=O)O)ccc1C(=O)/C=C/N(C)C. The number of fused-ring (bicyclic) bond motifs is 2. The Bertz CT molecular complexity index is 825. The molecular formula is C22H31N3O3. The monoisotopic (exact) mass is 385 g/mol. The van der Waals surface area contributed by atoms with Gasteiger partial charge in [0.15, 0.2) is 5.78 Å². The van der Waals surface area contributed by atoms with Gasteiger partial charge in [-0.1, -0.05) is 20.8 Å². The van der Waals surface area contributed by atoms with E-state index in [4.69, 9.17) is 0 Å². The van der Waals surface area contributed by atoms with Crippen molar-refractivity contribution in [2.45, 2.75) is 45.7 Å². The third kappa shape index (κ3) is 3.25. The molecule has 1 aromatic rings. The van der Waals surface area contributed by atoms with Crippen LogP contribution in [0.1, 0.15) is 43.1 Å². The largest absolute Gasteiger partial charge is 0.465 e. The van der Waals surface area contributed by atoms with E-state index in [1.165, 1.54) is 0 Å². The summed E-state index contributed by atoms with van der Waals surface area (Å²) in [6.45, 7) is 9.72. The first-order valence-electron chi connectivity index (χ1n) is 9.73. The third-order valence-electron chi connectivity index (χ3n) is 6.31. The maximum atomic E-state index is 12.5. The van der Waals surface area contributed by atoms with Crippen molar-refractivity contribution in [2.24, 2.45) is 5.41 Å². The number of amides is 1. The van der Waals surface area contributed by atoms with Crippen LogP contribution >= 0.6 is 0 Å². The minimum absolute atomic E-state index is 0.0109. The van der Waals surface area contributed by atoms with Gasteiger partial charge in [-0.2, -0.15) is 0 Å². The molecule has 28 heavy (non-hydrogen) atoms. The van der Waals surface area contributed by atoms with Crippen molar-refractivity contribution in [1.29, 1.82) is 0 Å². The number of likely N-dealkylation sites (tertiary alicyclic amines) is 1. The van der Waals surface area contributed by atoms with Crippen LogP contribution in [-0.4, -0.2) is 65.5 Å². The number of nitrogens with zero attached hydrogens (tertiary/aromatic N) is 3. The first kappa shape index (κ1) is 20.2. The van der Waals surface area contributed by atoms with E-state index in [0.717, 1.165) is 17.7 Å². The number of hydrogen-bond acceptors (Lipinski definition) is 4. The predicted molar refractivity (Wildman–Crippen MR) is 111 cm³/mol. The molecular weight excluding hydrogens is 354 g/mol. The van der Waals surface area contributed by atoms with Crippen LogP contribution in [0.3, 0.4) is 0 Å². The molecule has 2 saturated heterocycles. The number of carboxylic acid groups (broad SMARTS) is 1. The Hall–Kier alpha value is -2.50. The zero-order chi connectivity index (χ0) is 20.9. The topological polar surface area (TPSA) is 64.1 Å². The second kappa shape index (κ2) is 6.83. The molecule has 1 N–H and O–H groups in total. The van der Waals surface area contributed by atoms with Crippen LogP contribution in [0.2, 0.25) is 0 Å². The first-order chi connectivity index (χ1) is 13.0. The molecule has 3 rings (SSSR count). The fraction of sp³-hybridized carbons (Fsp3) is 0.545. The average Bonchev–Trinajstić information content (AvgIpc) is 3.16. The summed E-state index contributed by atoms with van der Waals surface area (Å²) in [4.78, 5) is 29.9. The molecule has 0 saturated carbocycles. The summed E-state index contributed by atoms with van der Waals surface area (Å²) in [5, 5.41) is 9.56. The van der Waals surface area contributed by atoms with Gasteiger partial charge in [-0.15, -0.1) is 0 Å². The summed E-state index contributed by atoms with van der Waals surface area (Å²) < 4.78 is 0. The molecule has 0 unspecified atom stereocenters. The lowest BCUT2D eigenvalue weighted by Crippen LogP contribution is -2.61. The highest BCUT2D eigenvalue weighted by Crippen LogP contribution is 2.52. The van der Waals surface area contributed by atoms with Crippen LogP contribution in [-0.2, 0) is 0 Å². The molecule has 2 aliphatic rings. The van der Waals surface area contributed by atoms with Crippen molar-refractivity contribution in [3.63, 3.8) is 0 Å². The van der Waals surface area contributed by atoms with Gasteiger partial charge in [0.25, 0.3) is 0 Å². The van der Waals surface area contributed by atoms with E-state index >= 15 is 0 Å². The van der Waals surface area contributed by atoms with Crippen molar-refractivity contribution in [3.05, 3.63) is 41.6 Å². The molecule has 2 fully saturated rings. The van der Waals surface area contributed by atoms with E-state index in [9.17, 15) is 14.7 Å². The summed E-state index contributed by atoms with van der Waals surface area (Å²) in [6.07, 6.45) is 3.35. The number of aryl methyl sites for hydroxylation is 1. The van der Waals surface area contributed by atoms with Crippen molar-refractivity contribution in [3.8, 4) is 0 Å². The maximum absolute atomic E-state index is 12.5. The highest BCUT2D eigenvalue weighted by molar-refractivity contribution is 6.05. The van der Waals surface area contributed by atoms with Crippen LogP contribution in [0.25, 0.3) is 0 Å². The van der Waals surface area contributed by atoms with Gasteiger partial charge in [-0.05, 0) is 42.5 Å². The lowest BCUT2D eigenvalue weighted by Gasteiger charge is -2.50. The quantitative estimate of drug-likeness (QED) is 0.634. The molecule has 2 heterocycles. The Kier molecular flexibility index (Phi) is 4.94. The van der Waals surface area contributed by atoms with Crippen LogP contribution < -0.4 is 4.90 Å². The molecule has 0 aliphatic carbocycles. The predicted octanol–water partition coefficient (Wildman–Crippen LogP) is 3.61. The number of allylic oxidation sites excluding steroid dienone is 1. The zero-order valence-electron chi connectivity index (χ0n) is 17.7. The summed E-state index contributed by atoms with van der Waals surface area (Å²) in [5.41, 5.74) is 2.38. The van der Waals surface area contributed by atoms with Gasteiger partial charge in [0.05, 0.1) is 11.6 Å². The fourth-order valence-electron chi connectivity index (χ4n) is 4.64. The van der Waals surface area contributed by atoms with E-state index in [-0.39, 0.29) is 22.8 Å². The number of benzene rings is 1. The molecule has 2 atom stereocenters. The van der Waals surface area contributed by atoms with Crippen molar-refractivity contribution in [2.75, 3.05) is 32.1 Å². The molecule has 2 bridgehead atoms. The average molecular weight is 386 g/mol. The van der Waals surface area contributed by atoms with Gasteiger partial charge >= 0.3 is 6.09 Å². The van der Waals surface area contributed by atoms with Gasteiger partial charge in [-0.3, -0.25) is 4.79 Å². The molecule has 1 aromatic carbocycles. The Labute approximate surface area is 167 Å². The van der Waals surface area contributed by atoms with Crippen molar-refractivity contribution in [1.82, 2.24) is 9.80 Å². The van der Waals surface area contributed by atoms with E-state index in [2.05, 4.69) is 31.7 Å². The molecule has 6 nitrogen and oxygen atoms in total.